The van der Waals surface area contributed by atoms with Crippen molar-refractivity contribution < 1.29 is 4.79 Å². The van der Waals surface area contributed by atoms with E-state index in [9.17, 15) is 4.79 Å². The number of hydrogen-bond donors (Lipinski definition) is 2. The molecule has 0 unspecified atom stereocenters. The second-order valence-electron chi connectivity index (χ2n) is 5.04. The van der Waals surface area contributed by atoms with Crippen LogP contribution in [0.15, 0.2) is 30.5 Å². The molecule has 1 aromatic carbocycles. The Morgan fingerprint density at radius 2 is 2.29 bits per heavy atom. The van der Waals surface area contributed by atoms with Crippen molar-refractivity contribution in [2.75, 3.05) is 5.32 Å². The van der Waals surface area contributed by atoms with E-state index in [2.05, 4.69) is 29.4 Å². The van der Waals surface area contributed by atoms with Crippen LogP contribution in [0.4, 0.5) is 5.69 Å². The van der Waals surface area contributed by atoms with Gasteiger partial charge in [-0.2, -0.15) is 5.10 Å². The molecule has 0 aliphatic rings. The number of aryl methyl sites for hydroxylation is 2. The Hall–Kier alpha value is -2.14. The topological polar surface area (TPSA) is 57.8 Å². The average molecular weight is 299 g/mol. The number of carbonyl (C=O) groups is 1. The predicted molar refractivity (Wildman–Crippen MR) is 87.1 cm³/mol. The van der Waals surface area contributed by atoms with Crippen molar-refractivity contribution in [3.05, 3.63) is 45.8 Å². The third-order valence-electron chi connectivity index (χ3n) is 3.49. The van der Waals surface area contributed by atoms with E-state index in [-0.39, 0.29) is 5.91 Å². The summed E-state index contributed by atoms with van der Waals surface area (Å²) in [5, 5.41) is 10.9. The quantitative estimate of drug-likeness (QED) is 0.760. The second kappa shape index (κ2) is 5.69. The number of rotatable bonds is 4. The van der Waals surface area contributed by atoms with Gasteiger partial charge in [0.05, 0.1) is 22.3 Å². The molecule has 3 rings (SSSR count). The molecule has 0 aliphatic heterocycles. The number of nitrogens with zero attached hydrogens (tertiary/aromatic N) is 1. The molecular weight excluding hydrogens is 282 g/mol. The van der Waals surface area contributed by atoms with E-state index >= 15 is 0 Å². The summed E-state index contributed by atoms with van der Waals surface area (Å²) in [6, 6.07) is 7.76. The summed E-state index contributed by atoms with van der Waals surface area (Å²) >= 11 is 1.55. The van der Waals surface area contributed by atoms with E-state index in [1.165, 1.54) is 10.4 Å². The number of amides is 1. The molecule has 2 heterocycles. The molecule has 108 valence electrons. The maximum atomic E-state index is 12.4. The van der Waals surface area contributed by atoms with E-state index in [0.29, 0.717) is 0 Å². The number of para-hydroxylation sites is 1. The van der Waals surface area contributed by atoms with Crippen LogP contribution in [0.25, 0.3) is 10.9 Å². The molecule has 0 spiro atoms. The Balaban J connectivity index is 1.86. The number of aromatic nitrogens is 2. The monoisotopic (exact) mass is 299 g/mol. The summed E-state index contributed by atoms with van der Waals surface area (Å²) in [4.78, 5) is 14.4. The van der Waals surface area contributed by atoms with Crippen molar-refractivity contribution in [3.8, 4) is 0 Å². The van der Waals surface area contributed by atoms with Gasteiger partial charge in [0.25, 0.3) is 5.91 Å². The summed E-state index contributed by atoms with van der Waals surface area (Å²) < 4.78 is 0. The molecular formula is C16H17N3OS. The van der Waals surface area contributed by atoms with Crippen molar-refractivity contribution in [3.63, 3.8) is 0 Å². The fourth-order valence-electron chi connectivity index (χ4n) is 2.41. The van der Waals surface area contributed by atoms with Crippen molar-refractivity contribution in [2.45, 2.75) is 26.7 Å². The van der Waals surface area contributed by atoms with Crippen LogP contribution < -0.4 is 5.32 Å². The first-order chi connectivity index (χ1) is 10.2. The van der Waals surface area contributed by atoms with Crippen LogP contribution in [-0.2, 0) is 6.42 Å². The minimum absolute atomic E-state index is 0.0625. The fourth-order valence-corrected chi connectivity index (χ4v) is 3.37. The van der Waals surface area contributed by atoms with Gasteiger partial charge in [-0.15, -0.1) is 11.3 Å². The van der Waals surface area contributed by atoms with Crippen LogP contribution >= 0.6 is 11.3 Å². The van der Waals surface area contributed by atoms with Gasteiger partial charge < -0.3 is 5.32 Å². The number of anilines is 1. The SMILES string of the molecule is CCCc1cc(C(=O)Nc2cccc3cn[nH]c23)sc1C. The van der Waals surface area contributed by atoms with Crippen LogP contribution in [-0.4, -0.2) is 16.1 Å². The van der Waals surface area contributed by atoms with Gasteiger partial charge in [-0.25, -0.2) is 0 Å². The summed E-state index contributed by atoms with van der Waals surface area (Å²) in [6.45, 7) is 4.22. The van der Waals surface area contributed by atoms with Crippen LogP contribution in [0, 0.1) is 6.92 Å². The van der Waals surface area contributed by atoms with Crippen molar-refractivity contribution in [1.29, 1.82) is 0 Å². The standard InChI is InChI=1S/C16H17N3OS/c1-3-5-11-8-14(21-10(11)2)16(20)18-13-7-4-6-12-9-17-19-15(12)13/h4,6-9H,3,5H2,1-2H3,(H,17,19)(H,18,20). The van der Waals surface area contributed by atoms with Crippen molar-refractivity contribution >= 4 is 33.8 Å². The third-order valence-corrected chi connectivity index (χ3v) is 4.58. The maximum Gasteiger partial charge on any atom is 0.265 e. The molecule has 0 saturated carbocycles. The number of benzene rings is 1. The number of nitrogens with one attached hydrogen (secondary N) is 2. The Bertz CT molecular complexity index is 788. The molecule has 2 N–H and O–H groups in total. The van der Waals surface area contributed by atoms with Crippen molar-refractivity contribution in [2.24, 2.45) is 0 Å². The molecule has 0 fully saturated rings. The predicted octanol–water partition coefficient (Wildman–Crippen LogP) is 4.14. The summed E-state index contributed by atoms with van der Waals surface area (Å²) in [6.07, 6.45) is 3.86. The normalized spacial score (nSPS) is 11.0. The lowest BCUT2D eigenvalue weighted by molar-refractivity contribution is 0.103. The molecule has 3 aromatic rings. The molecule has 0 radical (unpaired) electrons. The van der Waals surface area contributed by atoms with Crippen molar-refractivity contribution in [1.82, 2.24) is 10.2 Å². The number of aromatic amines is 1. The van der Waals surface area contributed by atoms with Gasteiger partial charge >= 0.3 is 0 Å². The van der Waals surface area contributed by atoms with Gasteiger partial charge in [0.15, 0.2) is 0 Å². The summed E-state index contributed by atoms with van der Waals surface area (Å²) in [5.41, 5.74) is 2.89. The second-order valence-corrected chi connectivity index (χ2v) is 6.29. The Morgan fingerprint density at radius 3 is 3.10 bits per heavy atom. The lowest BCUT2D eigenvalue weighted by atomic mass is 10.1. The van der Waals surface area contributed by atoms with Crippen LogP contribution in [0.2, 0.25) is 0 Å². The summed E-state index contributed by atoms with van der Waals surface area (Å²) in [7, 11) is 0. The molecule has 21 heavy (non-hydrogen) atoms. The highest BCUT2D eigenvalue weighted by atomic mass is 32.1. The molecule has 0 aliphatic carbocycles. The molecule has 1 amide bonds. The lowest BCUT2D eigenvalue weighted by Crippen LogP contribution is -2.10. The molecule has 4 nitrogen and oxygen atoms in total. The zero-order valence-corrected chi connectivity index (χ0v) is 12.9. The first-order valence-electron chi connectivity index (χ1n) is 7.01. The first kappa shape index (κ1) is 13.8. The van der Waals surface area contributed by atoms with E-state index in [1.807, 2.05) is 24.3 Å². The minimum atomic E-state index is -0.0625. The van der Waals surface area contributed by atoms with Gasteiger partial charge in [-0.1, -0.05) is 25.5 Å². The Labute approximate surface area is 127 Å². The van der Waals surface area contributed by atoms with Gasteiger partial charge in [0, 0.05) is 10.3 Å². The lowest BCUT2D eigenvalue weighted by Gasteiger charge is -2.04. The van der Waals surface area contributed by atoms with Crippen LogP contribution in [0.1, 0.15) is 33.5 Å². The smallest absolute Gasteiger partial charge is 0.265 e. The van der Waals surface area contributed by atoms with E-state index in [4.69, 9.17) is 0 Å². The van der Waals surface area contributed by atoms with Gasteiger partial charge in [-0.3, -0.25) is 9.89 Å². The van der Waals surface area contributed by atoms with Gasteiger partial charge in [0.2, 0.25) is 0 Å². The van der Waals surface area contributed by atoms with Crippen LogP contribution in [0.5, 0.6) is 0 Å². The molecule has 0 atom stereocenters. The highest BCUT2D eigenvalue weighted by Gasteiger charge is 2.13. The number of carbonyl (C=O) groups excluding carboxylic acids is 1. The Morgan fingerprint density at radius 1 is 1.43 bits per heavy atom. The van der Waals surface area contributed by atoms with E-state index < -0.39 is 0 Å². The summed E-state index contributed by atoms with van der Waals surface area (Å²) in [5.74, 6) is -0.0625. The van der Waals surface area contributed by atoms with Crippen LogP contribution in [0.3, 0.4) is 0 Å². The first-order valence-corrected chi connectivity index (χ1v) is 7.83. The highest BCUT2D eigenvalue weighted by molar-refractivity contribution is 7.14. The number of thiophene rings is 1. The van der Waals surface area contributed by atoms with Gasteiger partial charge in [0.1, 0.15) is 0 Å². The molecule has 5 heteroatoms. The fraction of sp³-hybridized carbons (Fsp3) is 0.250. The molecule has 0 bridgehead atoms. The number of fused-ring (bicyclic) bond motifs is 1. The zero-order valence-electron chi connectivity index (χ0n) is 12.1. The maximum absolute atomic E-state index is 12.4. The third kappa shape index (κ3) is 2.69. The molecule has 0 saturated heterocycles. The van der Waals surface area contributed by atoms with E-state index in [1.54, 1.807) is 17.5 Å². The average Bonchev–Trinajstić information content (AvgIpc) is 3.07. The largest absolute Gasteiger partial charge is 0.319 e. The van der Waals surface area contributed by atoms with Gasteiger partial charge in [-0.05, 0) is 31.0 Å². The zero-order chi connectivity index (χ0) is 14.8. The Kier molecular flexibility index (Phi) is 3.75. The highest BCUT2D eigenvalue weighted by Crippen LogP contribution is 2.25. The van der Waals surface area contributed by atoms with E-state index in [0.717, 1.165) is 34.3 Å². The molecule has 2 aromatic heterocycles. The number of H-pyrrole nitrogens is 1. The minimum Gasteiger partial charge on any atom is -0.319 e. The number of hydrogen-bond acceptors (Lipinski definition) is 3.